The number of hydrogen-bond donors (Lipinski definition) is 0. The maximum Gasteiger partial charge on any atom is 0.518 e. The molecule has 72 valence electrons. The van der Waals surface area contributed by atoms with Crippen LogP contribution in [-0.2, 0) is 9.47 Å². The lowest BCUT2D eigenvalue weighted by Gasteiger charge is -1.90. The van der Waals surface area contributed by atoms with Crippen molar-refractivity contribution in [3.05, 3.63) is 23.1 Å². The monoisotopic (exact) mass is 188 g/mol. The smallest absolute Gasteiger partial charge is 0.430 e. The van der Waals surface area contributed by atoms with Crippen LogP contribution in [0, 0.1) is 0 Å². The van der Waals surface area contributed by atoms with Crippen molar-refractivity contribution in [2.24, 2.45) is 0 Å². The van der Waals surface area contributed by atoms with Gasteiger partial charge in [-0.2, -0.15) is 0 Å². The zero-order valence-corrected chi connectivity index (χ0v) is 6.89. The van der Waals surface area contributed by atoms with Gasteiger partial charge in [-0.15, -0.1) is 0 Å². The van der Waals surface area contributed by atoms with E-state index in [9.17, 15) is 9.59 Å². The summed E-state index contributed by atoms with van der Waals surface area (Å²) in [5, 5.41) is 0. The fraction of sp³-hybridized carbons (Fsp3) is 0.429. The van der Waals surface area contributed by atoms with E-state index in [1.807, 2.05) is 0 Å². The quantitative estimate of drug-likeness (QED) is 0.559. The molecule has 6 heteroatoms. The highest BCUT2D eigenvalue weighted by molar-refractivity contribution is 5.61. The Morgan fingerprint density at radius 2 is 1.92 bits per heavy atom. The first-order chi connectivity index (χ1) is 6.18. The summed E-state index contributed by atoms with van der Waals surface area (Å²) >= 11 is 0. The summed E-state index contributed by atoms with van der Waals surface area (Å²) in [6, 6.07) is 0. The molecule has 6 nitrogen and oxygen atoms in total. The number of carbonyl (C=O) groups is 1. The van der Waals surface area contributed by atoms with E-state index >= 15 is 0 Å². The molecule has 0 aromatic carbocycles. The second-order valence-corrected chi connectivity index (χ2v) is 2.25. The topological polar surface area (TPSA) is 78.9 Å². The van der Waals surface area contributed by atoms with Gasteiger partial charge in [0.05, 0.1) is 0 Å². The Labute approximate surface area is 73.0 Å². The van der Waals surface area contributed by atoms with Crippen LogP contribution in [0.2, 0.25) is 0 Å². The van der Waals surface area contributed by atoms with Gasteiger partial charge < -0.3 is 18.3 Å². The van der Waals surface area contributed by atoms with E-state index in [1.54, 1.807) is 6.92 Å². The van der Waals surface area contributed by atoms with Crippen molar-refractivity contribution < 1.29 is 23.1 Å². The number of rotatable bonds is 0. The van der Waals surface area contributed by atoms with Gasteiger partial charge in [-0.3, -0.25) is 0 Å². The summed E-state index contributed by atoms with van der Waals surface area (Å²) in [5.74, 6) is -0.657. The first-order valence-corrected chi connectivity index (χ1v) is 3.54. The van der Waals surface area contributed by atoms with E-state index in [2.05, 4.69) is 18.3 Å². The van der Waals surface area contributed by atoms with Gasteiger partial charge in [0.25, 0.3) is 0 Å². The summed E-state index contributed by atoms with van der Waals surface area (Å²) in [4.78, 5) is 19.7. The molecule has 1 aliphatic heterocycles. The minimum absolute atomic E-state index is 0.0486. The molecule has 13 heavy (non-hydrogen) atoms. The minimum Gasteiger partial charge on any atom is -0.430 e. The van der Waals surface area contributed by atoms with Gasteiger partial charge >= 0.3 is 12.0 Å². The van der Waals surface area contributed by atoms with Gasteiger partial charge in [0, 0.05) is 0 Å². The number of carbonyl (C=O) groups excluding carboxylic acids is 1. The fourth-order valence-electron chi connectivity index (χ4n) is 0.612. The molecular formula is C7H8O6. The molecule has 0 saturated carbocycles. The predicted molar refractivity (Wildman–Crippen MR) is 39.1 cm³/mol. The average Bonchev–Trinajstić information content (AvgIpc) is 2.64. The van der Waals surface area contributed by atoms with E-state index in [0.29, 0.717) is 6.61 Å². The Balaban J connectivity index is 0.000000132. The number of hydrogen-bond acceptors (Lipinski definition) is 6. The first kappa shape index (κ1) is 9.37. The van der Waals surface area contributed by atoms with Gasteiger partial charge in [-0.25, -0.2) is 9.59 Å². The third-order valence-electron chi connectivity index (χ3n) is 1.12. The second-order valence-electron chi connectivity index (χ2n) is 2.25. The van der Waals surface area contributed by atoms with Gasteiger partial charge in [0.2, 0.25) is 0 Å². The molecule has 1 fully saturated rings. The average molecular weight is 188 g/mol. The van der Waals surface area contributed by atoms with Crippen LogP contribution >= 0.6 is 0 Å². The molecule has 2 heterocycles. The molecule has 1 atom stereocenters. The van der Waals surface area contributed by atoms with E-state index in [0.717, 1.165) is 0 Å². The fourth-order valence-corrected chi connectivity index (χ4v) is 0.612. The van der Waals surface area contributed by atoms with Crippen molar-refractivity contribution in [2.45, 2.75) is 13.0 Å². The van der Waals surface area contributed by atoms with Crippen LogP contribution < -0.4 is 5.82 Å². The Morgan fingerprint density at radius 1 is 1.31 bits per heavy atom. The number of cyclic esters (lactones) is 2. The normalized spacial score (nSPS) is 19.8. The van der Waals surface area contributed by atoms with Crippen LogP contribution in [0.25, 0.3) is 0 Å². The van der Waals surface area contributed by atoms with Crippen LogP contribution in [0.3, 0.4) is 0 Å². The van der Waals surface area contributed by atoms with E-state index in [1.165, 1.54) is 12.5 Å². The summed E-state index contributed by atoms with van der Waals surface area (Å²) < 4.78 is 17.1. The van der Waals surface area contributed by atoms with Crippen LogP contribution in [0.5, 0.6) is 0 Å². The van der Waals surface area contributed by atoms with Crippen LogP contribution in [0.4, 0.5) is 4.79 Å². The Kier molecular flexibility index (Phi) is 3.13. The maximum atomic E-state index is 10.0. The third kappa shape index (κ3) is 3.46. The van der Waals surface area contributed by atoms with Gasteiger partial charge in [0.1, 0.15) is 25.2 Å². The molecule has 1 aliphatic rings. The number of ether oxygens (including phenoxy) is 2. The van der Waals surface area contributed by atoms with Crippen molar-refractivity contribution >= 4 is 6.16 Å². The minimum atomic E-state index is -0.657. The molecule has 0 spiro atoms. The van der Waals surface area contributed by atoms with Crippen molar-refractivity contribution in [1.29, 1.82) is 0 Å². The summed E-state index contributed by atoms with van der Waals surface area (Å²) in [6.07, 6.45) is 1.77. The van der Waals surface area contributed by atoms with Gasteiger partial charge in [-0.1, -0.05) is 0 Å². The van der Waals surface area contributed by atoms with Crippen LogP contribution in [0.15, 0.2) is 26.2 Å². The van der Waals surface area contributed by atoms with Crippen molar-refractivity contribution in [3.63, 3.8) is 0 Å². The SMILES string of the molecule is CC1COC(=O)O1.O=c1occo1. The summed E-state index contributed by atoms with van der Waals surface area (Å²) in [6.45, 7) is 2.18. The zero-order chi connectivity index (χ0) is 9.68. The zero-order valence-electron chi connectivity index (χ0n) is 6.89. The molecule has 2 rings (SSSR count). The van der Waals surface area contributed by atoms with E-state index in [-0.39, 0.29) is 6.10 Å². The van der Waals surface area contributed by atoms with Crippen molar-refractivity contribution in [1.82, 2.24) is 0 Å². The highest BCUT2D eigenvalue weighted by atomic mass is 16.8. The Hall–Kier alpha value is -1.72. The Morgan fingerprint density at radius 3 is 2.08 bits per heavy atom. The summed E-state index contributed by atoms with van der Waals surface area (Å²) in [5.41, 5.74) is 0. The van der Waals surface area contributed by atoms with E-state index < -0.39 is 12.0 Å². The van der Waals surface area contributed by atoms with Crippen LogP contribution in [-0.4, -0.2) is 18.9 Å². The first-order valence-electron chi connectivity index (χ1n) is 3.54. The predicted octanol–water partition coefficient (Wildman–Crippen LogP) is 0.775. The Bertz CT molecular complexity index is 294. The molecule has 1 saturated heterocycles. The van der Waals surface area contributed by atoms with Gasteiger partial charge in [-0.05, 0) is 6.92 Å². The van der Waals surface area contributed by atoms with Crippen molar-refractivity contribution in [2.75, 3.05) is 6.61 Å². The van der Waals surface area contributed by atoms with Crippen molar-refractivity contribution in [3.8, 4) is 0 Å². The lowest BCUT2D eigenvalue weighted by Crippen LogP contribution is -2.01. The lowest BCUT2D eigenvalue weighted by atomic mass is 10.5. The lowest BCUT2D eigenvalue weighted by molar-refractivity contribution is 0.121. The molecule has 0 bridgehead atoms. The molecule has 1 aromatic heterocycles. The molecular weight excluding hydrogens is 180 g/mol. The molecule has 0 radical (unpaired) electrons. The molecule has 0 aliphatic carbocycles. The molecule has 0 N–H and O–H groups in total. The van der Waals surface area contributed by atoms with Gasteiger partial charge in [0.15, 0.2) is 0 Å². The summed E-state index contributed by atoms with van der Waals surface area (Å²) in [7, 11) is 0. The standard InChI is InChI=1S/C4H6O3.C3H2O3/c1-3-2-6-4(5)7-3;4-3-5-1-2-6-3/h3H,2H2,1H3;1-2H. The maximum absolute atomic E-state index is 10.0. The molecule has 0 amide bonds. The van der Waals surface area contributed by atoms with E-state index in [4.69, 9.17) is 0 Å². The molecule has 1 aromatic rings. The highest BCUT2D eigenvalue weighted by Crippen LogP contribution is 2.02. The second kappa shape index (κ2) is 4.34. The largest absolute Gasteiger partial charge is 0.518 e. The molecule has 1 unspecified atom stereocenters. The third-order valence-corrected chi connectivity index (χ3v) is 1.12. The van der Waals surface area contributed by atoms with Crippen LogP contribution in [0.1, 0.15) is 6.92 Å². The highest BCUT2D eigenvalue weighted by Gasteiger charge is 2.19.